The Morgan fingerprint density at radius 3 is 2.72 bits per heavy atom. The second-order valence-electron chi connectivity index (χ2n) is 9.83. The third-order valence-electron chi connectivity index (χ3n) is 6.90. The summed E-state index contributed by atoms with van der Waals surface area (Å²) in [5, 5.41) is 14.5. The molecule has 0 unspecified atom stereocenters. The minimum atomic E-state index is -0.592. The lowest BCUT2D eigenvalue weighted by Gasteiger charge is -2.35. The fraction of sp³-hybridized carbons (Fsp3) is 0.462. The number of allylic oxidation sites excluding steroid dienone is 3. The van der Waals surface area contributed by atoms with Crippen molar-refractivity contribution in [1.82, 2.24) is 15.2 Å². The number of fused-ring (bicyclic) bond motifs is 2. The number of benzene rings is 1. The molecule has 4 rings (SSSR count). The monoisotopic (exact) mass is 435 g/mol. The van der Waals surface area contributed by atoms with Crippen LogP contribution in [0.1, 0.15) is 57.4 Å². The standard InChI is InChI=1S/C26H33N3O3/c1-6-26(4,5)23-18(14-19-25(32)29-13-7-8-20(29)24(31)27-19)16-11-12-21(30)17(22(16)28-23)10-9-15(2)3/h6,9,11-12,19-20,28,30H,1,7-8,10,13-14H2,2-5H3,(H,27,31)/t19-,20+/m1/s1. The minimum absolute atomic E-state index is 0.00708. The number of amides is 2. The van der Waals surface area contributed by atoms with E-state index in [2.05, 4.69) is 36.8 Å². The molecule has 6 nitrogen and oxygen atoms in total. The average Bonchev–Trinajstić information content (AvgIpc) is 3.37. The topological polar surface area (TPSA) is 85.4 Å². The molecule has 2 fully saturated rings. The van der Waals surface area contributed by atoms with Gasteiger partial charge < -0.3 is 20.3 Å². The van der Waals surface area contributed by atoms with Gasteiger partial charge >= 0.3 is 0 Å². The number of aromatic nitrogens is 1. The lowest BCUT2D eigenvalue weighted by molar-refractivity contribution is -0.146. The molecule has 0 spiro atoms. The lowest BCUT2D eigenvalue weighted by Crippen LogP contribution is -2.61. The van der Waals surface area contributed by atoms with E-state index in [0.717, 1.165) is 40.6 Å². The first-order valence-electron chi connectivity index (χ1n) is 11.4. The van der Waals surface area contributed by atoms with Crippen molar-refractivity contribution >= 4 is 22.7 Å². The van der Waals surface area contributed by atoms with Gasteiger partial charge in [0.15, 0.2) is 0 Å². The Bertz CT molecular complexity index is 1120. The van der Waals surface area contributed by atoms with Crippen LogP contribution in [0.3, 0.4) is 0 Å². The molecule has 3 heterocycles. The van der Waals surface area contributed by atoms with E-state index in [1.165, 1.54) is 5.57 Å². The van der Waals surface area contributed by atoms with Gasteiger partial charge in [0.05, 0.1) is 5.52 Å². The van der Waals surface area contributed by atoms with Crippen LogP contribution in [-0.2, 0) is 27.8 Å². The Balaban J connectivity index is 1.82. The number of nitrogens with zero attached hydrogens (tertiary/aromatic N) is 1. The number of carbonyl (C=O) groups is 2. The minimum Gasteiger partial charge on any atom is -0.508 e. The van der Waals surface area contributed by atoms with Crippen molar-refractivity contribution in [1.29, 1.82) is 0 Å². The molecule has 0 radical (unpaired) electrons. The van der Waals surface area contributed by atoms with Crippen LogP contribution >= 0.6 is 0 Å². The third kappa shape index (κ3) is 3.72. The molecule has 0 saturated carbocycles. The summed E-state index contributed by atoms with van der Waals surface area (Å²) in [6.07, 6.45) is 6.58. The van der Waals surface area contributed by atoms with Gasteiger partial charge in [-0.2, -0.15) is 0 Å². The number of hydrogen-bond donors (Lipinski definition) is 3. The molecule has 2 aliphatic rings. The highest BCUT2D eigenvalue weighted by atomic mass is 16.3. The summed E-state index contributed by atoms with van der Waals surface area (Å²) < 4.78 is 0. The number of piperazine rings is 1. The largest absolute Gasteiger partial charge is 0.508 e. The molecule has 6 heteroatoms. The van der Waals surface area contributed by atoms with E-state index in [9.17, 15) is 14.7 Å². The first-order valence-corrected chi connectivity index (χ1v) is 11.4. The number of rotatable bonds is 6. The van der Waals surface area contributed by atoms with Crippen molar-refractivity contribution in [3.8, 4) is 5.75 Å². The fourth-order valence-electron chi connectivity index (χ4n) is 4.92. The quantitative estimate of drug-likeness (QED) is 0.602. The zero-order valence-corrected chi connectivity index (χ0v) is 19.4. The van der Waals surface area contributed by atoms with Crippen LogP contribution in [0.2, 0.25) is 0 Å². The molecule has 0 bridgehead atoms. The molecule has 0 aliphatic carbocycles. The first-order chi connectivity index (χ1) is 15.1. The van der Waals surface area contributed by atoms with Gasteiger partial charge in [-0.1, -0.05) is 31.6 Å². The van der Waals surface area contributed by atoms with Crippen LogP contribution in [0.4, 0.5) is 0 Å². The second-order valence-corrected chi connectivity index (χ2v) is 9.83. The van der Waals surface area contributed by atoms with Gasteiger partial charge in [-0.25, -0.2) is 0 Å². The smallest absolute Gasteiger partial charge is 0.246 e. The number of phenols is 1. The molecule has 2 saturated heterocycles. The predicted octanol–water partition coefficient (Wildman–Crippen LogP) is 3.88. The molecule has 1 aromatic heterocycles. The molecule has 32 heavy (non-hydrogen) atoms. The van der Waals surface area contributed by atoms with Crippen molar-refractivity contribution in [3.05, 3.63) is 53.3 Å². The van der Waals surface area contributed by atoms with Crippen molar-refractivity contribution in [3.63, 3.8) is 0 Å². The molecular weight excluding hydrogens is 402 g/mol. The summed E-state index contributed by atoms with van der Waals surface area (Å²) >= 11 is 0. The fourth-order valence-corrected chi connectivity index (χ4v) is 4.92. The summed E-state index contributed by atoms with van der Waals surface area (Å²) in [5.74, 6) is 0.179. The van der Waals surface area contributed by atoms with E-state index in [1.54, 1.807) is 11.0 Å². The zero-order chi connectivity index (χ0) is 23.2. The van der Waals surface area contributed by atoms with E-state index >= 15 is 0 Å². The van der Waals surface area contributed by atoms with Gasteiger partial charge in [0.2, 0.25) is 11.8 Å². The highest BCUT2D eigenvalue weighted by Gasteiger charge is 2.43. The van der Waals surface area contributed by atoms with Crippen molar-refractivity contribution in [2.45, 2.75) is 70.9 Å². The summed E-state index contributed by atoms with van der Waals surface area (Å²) in [4.78, 5) is 31.1. The van der Waals surface area contributed by atoms with Gasteiger partial charge in [-0.15, -0.1) is 6.58 Å². The maximum Gasteiger partial charge on any atom is 0.246 e. The average molecular weight is 436 g/mol. The van der Waals surface area contributed by atoms with Gasteiger partial charge in [0.1, 0.15) is 17.8 Å². The molecular formula is C26H33N3O3. The maximum absolute atomic E-state index is 13.2. The van der Waals surface area contributed by atoms with Crippen LogP contribution in [-0.4, -0.2) is 45.4 Å². The van der Waals surface area contributed by atoms with Crippen LogP contribution in [0, 0.1) is 0 Å². The Morgan fingerprint density at radius 2 is 2.03 bits per heavy atom. The summed E-state index contributed by atoms with van der Waals surface area (Å²) in [6.45, 7) is 12.9. The zero-order valence-electron chi connectivity index (χ0n) is 19.4. The lowest BCUT2D eigenvalue weighted by atomic mass is 9.84. The van der Waals surface area contributed by atoms with E-state index in [0.29, 0.717) is 19.4 Å². The van der Waals surface area contributed by atoms with Crippen molar-refractivity contribution in [2.24, 2.45) is 0 Å². The number of carbonyl (C=O) groups excluding carboxylic acids is 2. The van der Waals surface area contributed by atoms with Gasteiger partial charge in [0.25, 0.3) is 0 Å². The number of H-pyrrole nitrogens is 1. The SMILES string of the molecule is C=CC(C)(C)c1[nH]c2c(CC=C(C)C)c(O)ccc2c1C[C@H]1NC(=O)[C@@H]2CCCN2C1=O. The van der Waals surface area contributed by atoms with E-state index in [-0.39, 0.29) is 29.0 Å². The maximum atomic E-state index is 13.2. The highest BCUT2D eigenvalue weighted by Crippen LogP contribution is 2.38. The molecule has 2 amide bonds. The van der Waals surface area contributed by atoms with Crippen LogP contribution in [0.25, 0.3) is 10.9 Å². The van der Waals surface area contributed by atoms with Gasteiger partial charge in [-0.3, -0.25) is 9.59 Å². The van der Waals surface area contributed by atoms with Crippen molar-refractivity contribution in [2.75, 3.05) is 6.54 Å². The number of phenolic OH excluding ortho intramolecular Hbond substituents is 1. The summed E-state index contributed by atoms with van der Waals surface area (Å²) in [6, 6.07) is 2.71. The molecule has 3 N–H and O–H groups in total. The molecule has 2 atom stereocenters. The predicted molar refractivity (Wildman–Crippen MR) is 127 cm³/mol. The molecule has 2 aliphatic heterocycles. The van der Waals surface area contributed by atoms with Crippen LogP contribution in [0.15, 0.2) is 36.4 Å². The van der Waals surface area contributed by atoms with Crippen LogP contribution < -0.4 is 5.32 Å². The first kappa shape index (κ1) is 22.2. The number of nitrogens with one attached hydrogen (secondary N) is 2. The molecule has 1 aromatic carbocycles. The Morgan fingerprint density at radius 1 is 1.28 bits per heavy atom. The Hall–Kier alpha value is -3.02. The van der Waals surface area contributed by atoms with Crippen molar-refractivity contribution < 1.29 is 14.7 Å². The Kier molecular flexibility index (Phi) is 5.65. The number of aromatic amines is 1. The Labute approximate surface area is 189 Å². The van der Waals surface area contributed by atoms with Crippen LogP contribution in [0.5, 0.6) is 5.75 Å². The summed E-state index contributed by atoms with van der Waals surface area (Å²) in [5.41, 5.74) is 4.44. The summed E-state index contributed by atoms with van der Waals surface area (Å²) in [7, 11) is 0. The normalized spacial score (nSPS) is 20.9. The second kappa shape index (κ2) is 8.15. The van der Waals surface area contributed by atoms with E-state index in [4.69, 9.17) is 0 Å². The third-order valence-corrected chi connectivity index (χ3v) is 6.90. The molecule has 170 valence electrons. The number of hydrogen-bond acceptors (Lipinski definition) is 3. The number of aromatic hydroxyl groups is 1. The van der Waals surface area contributed by atoms with Gasteiger partial charge in [-0.05, 0) is 50.8 Å². The van der Waals surface area contributed by atoms with E-state index in [1.807, 2.05) is 26.0 Å². The van der Waals surface area contributed by atoms with Gasteiger partial charge in [0, 0.05) is 35.0 Å². The van der Waals surface area contributed by atoms with E-state index < -0.39 is 6.04 Å². The highest BCUT2D eigenvalue weighted by molar-refractivity contribution is 5.98. The molecule has 2 aromatic rings.